The van der Waals surface area contributed by atoms with E-state index in [1.54, 1.807) is 6.08 Å². The molecule has 3 aromatic carbocycles. The van der Waals surface area contributed by atoms with Crippen LogP contribution in [-0.2, 0) is 16.1 Å². The van der Waals surface area contributed by atoms with E-state index in [0.29, 0.717) is 12.2 Å². The Kier molecular flexibility index (Phi) is 7.63. The highest BCUT2D eigenvalue weighted by Crippen LogP contribution is 2.31. The van der Waals surface area contributed by atoms with E-state index >= 15 is 0 Å². The second kappa shape index (κ2) is 10.5. The van der Waals surface area contributed by atoms with E-state index in [1.165, 1.54) is 24.3 Å². The van der Waals surface area contributed by atoms with Crippen LogP contribution in [0, 0.1) is 20.8 Å². The second-order valence-corrected chi connectivity index (χ2v) is 10.4. The Bertz CT molecular complexity index is 1300. The normalized spacial score (nSPS) is 14.2. The van der Waals surface area contributed by atoms with Crippen LogP contribution in [0.5, 0.6) is 5.75 Å². The Labute approximate surface area is 229 Å². The molecule has 0 aliphatic carbocycles. The lowest BCUT2D eigenvalue weighted by atomic mass is 10.2. The molecule has 1 aliphatic rings. The largest absolute Gasteiger partial charge is 0.487 e. The van der Waals surface area contributed by atoms with Gasteiger partial charge in [-0.2, -0.15) is 0 Å². The predicted octanol–water partition coefficient (Wildman–Crippen LogP) is 6.33. The highest BCUT2D eigenvalue weighted by atomic mass is 127. The molecule has 0 saturated heterocycles. The quantitative estimate of drug-likeness (QED) is 0.0960. The van der Waals surface area contributed by atoms with E-state index in [4.69, 9.17) is 9.47 Å². The number of cyclic esters (lactones) is 1. The van der Waals surface area contributed by atoms with Gasteiger partial charge in [-0.05, 0) is 121 Å². The van der Waals surface area contributed by atoms with Crippen LogP contribution in [0.1, 0.15) is 16.7 Å². The van der Waals surface area contributed by atoms with Gasteiger partial charge in [0, 0.05) is 21.3 Å². The molecule has 0 unspecified atom stereocenters. The van der Waals surface area contributed by atoms with Gasteiger partial charge in [-0.25, -0.2) is 9.79 Å². The van der Waals surface area contributed by atoms with Crippen LogP contribution in [0.15, 0.2) is 71.4 Å². The number of carbonyl (C=O) groups excluding carboxylic acids is 1. The third kappa shape index (κ3) is 5.90. The van der Waals surface area contributed by atoms with E-state index in [-0.39, 0.29) is 17.3 Å². The average molecular weight is 778 g/mol. The van der Waals surface area contributed by atoms with Gasteiger partial charge in [-0.15, -0.1) is 0 Å². The third-order valence-corrected chi connectivity index (χ3v) is 6.82. The molecular weight excluding hydrogens is 765 g/mol. The zero-order valence-electron chi connectivity index (χ0n) is 16.6. The highest BCUT2D eigenvalue weighted by molar-refractivity contribution is 14.1. The number of aliphatic imine (C=N–C) groups is 1. The number of hydrogen-bond acceptors (Lipinski definition) is 6. The molecule has 0 radical (unpaired) electrons. The van der Waals surface area contributed by atoms with Gasteiger partial charge in [0.15, 0.2) is 5.70 Å². The molecule has 1 aliphatic heterocycles. The number of halogens is 3. The number of hydrogen-bond donors (Lipinski definition) is 0. The number of benzene rings is 3. The zero-order chi connectivity index (χ0) is 23.5. The lowest BCUT2D eigenvalue weighted by Gasteiger charge is -2.12. The molecule has 0 aromatic heterocycles. The van der Waals surface area contributed by atoms with Gasteiger partial charge in [0.1, 0.15) is 12.4 Å². The lowest BCUT2D eigenvalue weighted by molar-refractivity contribution is -0.384. The molecule has 7 nitrogen and oxygen atoms in total. The van der Waals surface area contributed by atoms with Crippen molar-refractivity contribution in [3.8, 4) is 5.75 Å². The third-order valence-electron chi connectivity index (χ3n) is 4.54. The summed E-state index contributed by atoms with van der Waals surface area (Å²) >= 11 is 6.69. The van der Waals surface area contributed by atoms with Crippen LogP contribution >= 0.6 is 67.8 Å². The summed E-state index contributed by atoms with van der Waals surface area (Å²) < 4.78 is 14.3. The number of rotatable bonds is 6. The maximum atomic E-state index is 12.3. The van der Waals surface area contributed by atoms with Crippen molar-refractivity contribution < 1.29 is 19.2 Å². The Morgan fingerprint density at radius 1 is 1.03 bits per heavy atom. The summed E-state index contributed by atoms with van der Waals surface area (Å²) in [4.78, 5) is 26.9. The highest BCUT2D eigenvalue weighted by Gasteiger charge is 2.25. The first-order chi connectivity index (χ1) is 15.8. The fraction of sp³-hybridized carbons (Fsp3) is 0.0435. The Balaban J connectivity index is 1.54. The smallest absolute Gasteiger partial charge is 0.363 e. The van der Waals surface area contributed by atoms with Crippen LogP contribution in [-0.4, -0.2) is 16.8 Å². The van der Waals surface area contributed by atoms with Crippen molar-refractivity contribution in [3.63, 3.8) is 0 Å². The van der Waals surface area contributed by atoms with Gasteiger partial charge in [-0.1, -0.05) is 12.1 Å². The molecule has 0 saturated carbocycles. The molecule has 0 N–H and O–H groups in total. The van der Waals surface area contributed by atoms with Crippen molar-refractivity contribution in [2.75, 3.05) is 0 Å². The number of nitro benzene ring substituents is 1. The van der Waals surface area contributed by atoms with Crippen LogP contribution < -0.4 is 4.74 Å². The molecule has 0 amide bonds. The minimum atomic E-state index is -0.577. The van der Waals surface area contributed by atoms with Gasteiger partial charge in [0.2, 0.25) is 5.90 Å². The van der Waals surface area contributed by atoms with Gasteiger partial charge in [-0.3, -0.25) is 10.1 Å². The summed E-state index contributed by atoms with van der Waals surface area (Å²) in [5.41, 5.74) is 2.46. The Morgan fingerprint density at radius 3 is 2.36 bits per heavy atom. The van der Waals surface area contributed by atoms with Crippen molar-refractivity contribution in [3.05, 3.63) is 104 Å². The van der Waals surface area contributed by atoms with Crippen LogP contribution in [0.2, 0.25) is 0 Å². The van der Waals surface area contributed by atoms with Crippen molar-refractivity contribution in [1.29, 1.82) is 0 Å². The fourth-order valence-corrected chi connectivity index (χ4v) is 5.73. The fourth-order valence-electron chi connectivity index (χ4n) is 3.00. The summed E-state index contributed by atoms with van der Waals surface area (Å²) in [5.74, 6) is 0.316. The number of esters is 1. The van der Waals surface area contributed by atoms with Crippen molar-refractivity contribution in [2.45, 2.75) is 6.61 Å². The molecule has 166 valence electrons. The van der Waals surface area contributed by atoms with E-state index in [9.17, 15) is 14.9 Å². The molecule has 3 aromatic rings. The minimum Gasteiger partial charge on any atom is -0.487 e. The first-order valence-corrected chi connectivity index (χ1v) is 12.7. The molecule has 0 atom stereocenters. The molecular formula is C23H13I3N2O5. The van der Waals surface area contributed by atoms with Gasteiger partial charge >= 0.3 is 5.97 Å². The monoisotopic (exact) mass is 778 g/mol. The van der Waals surface area contributed by atoms with Crippen LogP contribution in [0.3, 0.4) is 0 Å². The zero-order valence-corrected chi connectivity index (χ0v) is 23.1. The molecule has 0 spiro atoms. The number of non-ortho nitro benzene ring substituents is 1. The minimum absolute atomic E-state index is 0.0482. The standard InChI is InChI=1S/C23H13I3N2O5/c24-16-3-1-2-13(8-16)12-32-21-18(25)9-14(10-19(21)26)11-20-23(29)33-22(27-20)15-4-6-17(7-5-15)28(30)31/h1-11H,12H2/b20-11-. The lowest BCUT2D eigenvalue weighted by Crippen LogP contribution is -2.05. The summed E-state index contributed by atoms with van der Waals surface area (Å²) in [7, 11) is 0. The molecule has 0 fully saturated rings. The summed E-state index contributed by atoms with van der Waals surface area (Å²) in [6.07, 6.45) is 1.65. The number of carbonyl (C=O) groups is 1. The first-order valence-electron chi connectivity index (χ1n) is 9.44. The maximum absolute atomic E-state index is 12.3. The molecule has 0 bridgehead atoms. The maximum Gasteiger partial charge on any atom is 0.363 e. The van der Waals surface area contributed by atoms with Gasteiger partial charge in [0.25, 0.3) is 5.69 Å². The number of nitrogens with zero attached hydrogens (tertiary/aromatic N) is 2. The SMILES string of the molecule is O=C1OC(c2ccc([N+](=O)[O-])cc2)=N/C1=C\c1cc(I)c(OCc2cccc(I)c2)c(I)c1. The topological polar surface area (TPSA) is 91.0 Å². The van der Waals surface area contributed by atoms with E-state index in [1.807, 2.05) is 30.3 Å². The van der Waals surface area contributed by atoms with Crippen molar-refractivity contribution >= 4 is 91.4 Å². The molecule has 33 heavy (non-hydrogen) atoms. The number of ether oxygens (including phenoxy) is 2. The summed E-state index contributed by atoms with van der Waals surface area (Å²) in [6, 6.07) is 17.6. The average Bonchev–Trinajstić information content (AvgIpc) is 3.13. The second-order valence-electron chi connectivity index (χ2n) is 6.87. The van der Waals surface area contributed by atoms with E-state index in [2.05, 4.69) is 78.8 Å². The summed E-state index contributed by atoms with van der Waals surface area (Å²) in [5, 5.41) is 10.8. The predicted molar refractivity (Wildman–Crippen MR) is 149 cm³/mol. The molecule has 10 heteroatoms. The molecule has 4 rings (SSSR count). The van der Waals surface area contributed by atoms with Crippen molar-refractivity contribution in [2.24, 2.45) is 4.99 Å². The van der Waals surface area contributed by atoms with E-state index < -0.39 is 10.9 Å². The van der Waals surface area contributed by atoms with Gasteiger partial charge < -0.3 is 9.47 Å². The first kappa shape index (κ1) is 24.1. The number of nitro groups is 1. The Morgan fingerprint density at radius 2 is 1.73 bits per heavy atom. The van der Waals surface area contributed by atoms with Crippen LogP contribution in [0.4, 0.5) is 5.69 Å². The van der Waals surface area contributed by atoms with Crippen molar-refractivity contribution in [1.82, 2.24) is 0 Å². The van der Waals surface area contributed by atoms with Gasteiger partial charge in [0.05, 0.1) is 12.1 Å². The van der Waals surface area contributed by atoms with E-state index in [0.717, 1.165) is 27.6 Å². The molecule has 1 heterocycles. The summed E-state index contributed by atoms with van der Waals surface area (Å²) in [6.45, 7) is 0.457. The Hall–Kier alpha value is -2.07. The van der Waals surface area contributed by atoms with Crippen LogP contribution in [0.25, 0.3) is 6.08 Å².